The standard InChI is InChI=1S/C34H37FN2O6/c1-21(2)32-31(34(43)36-26-14-8-22(20-38)9-15-26)30(23-6-4-3-5-7-23)33(24-10-12-25(35)13-11-24)37(32)17-16-27(39)18-28(40)19-29(41)42/h3-15,21,27-28,38-40H,16-20H2,1-2H3,(H,36,43)(H,41,42)/t27-,28?/m1/s1. The van der Waals surface area contributed by atoms with Gasteiger partial charge in [0.25, 0.3) is 5.91 Å². The Morgan fingerprint density at radius 1 is 0.884 bits per heavy atom. The lowest BCUT2D eigenvalue weighted by Gasteiger charge is -2.20. The third-order valence-corrected chi connectivity index (χ3v) is 7.29. The summed E-state index contributed by atoms with van der Waals surface area (Å²) in [5.41, 5.74) is 5.19. The summed E-state index contributed by atoms with van der Waals surface area (Å²) < 4.78 is 16.0. The summed E-state index contributed by atoms with van der Waals surface area (Å²) in [6.07, 6.45) is -2.60. The van der Waals surface area contributed by atoms with Gasteiger partial charge in [0.15, 0.2) is 0 Å². The zero-order valence-electron chi connectivity index (χ0n) is 24.2. The smallest absolute Gasteiger partial charge is 0.305 e. The lowest BCUT2D eigenvalue weighted by Crippen LogP contribution is -2.22. The van der Waals surface area contributed by atoms with Gasteiger partial charge < -0.3 is 30.3 Å². The van der Waals surface area contributed by atoms with Gasteiger partial charge in [-0.25, -0.2) is 4.39 Å². The van der Waals surface area contributed by atoms with Crippen LogP contribution in [0.3, 0.4) is 0 Å². The Labute approximate surface area is 250 Å². The van der Waals surface area contributed by atoms with Crippen LogP contribution in [0.5, 0.6) is 0 Å². The van der Waals surface area contributed by atoms with Gasteiger partial charge in [-0.15, -0.1) is 0 Å². The molecule has 2 atom stereocenters. The first-order valence-electron chi connectivity index (χ1n) is 14.3. The first-order chi connectivity index (χ1) is 20.6. The minimum Gasteiger partial charge on any atom is -0.481 e. The molecule has 1 heterocycles. The van der Waals surface area contributed by atoms with E-state index in [4.69, 9.17) is 5.11 Å². The molecule has 0 aliphatic heterocycles. The van der Waals surface area contributed by atoms with Crippen molar-refractivity contribution >= 4 is 17.6 Å². The quantitative estimate of drug-likeness (QED) is 0.134. The number of aliphatic carboxylic acids is 1. The number of rotatable bonds is 13. The van der Waals surface area contributed by atoms with E-state index >= 15 is 0 Å². The van der Waals surface area contributed by atoms with Gasteiger partial charge in [-0.2, -0.15) is 0 Å². The molecule has 1 aromatic heterocycles. The number of carboxylic acid groups (broad SMARTS) is 1. The number of aromatic nitrogens is 1. The number of nitrogens with one attached hydrogen (secondary N) is 1. The molecule has 0 aliphatic carbocycles. The zero-order chi connectivity index (χ0) is 31.1. The molecule has 0 saturated heterocycles. The second kappa shape index (κ2) is 14.2. The van der Waals surface area contributed by atoms with E-state index in [1.165, 1.54) is 12.1 Å². The van der Waals surface area contributed by atoms with Gasteiger partial charge in [0.2, 0.25) is 0 Å². The molecule has 8 nitrogen and oxygen atoms in total. The Kier molecular flexibility index (Phi) is 10.5. The van der Waals surface area contributed by atoms with Crippen LogP contribution in [-0.4, -0.2) is 49.1 Å². The number of halogens is 1. The molecule has 0 spiro atoms. The monoisotopic (exact) mass is 588 g/mol. The van der Waals surface area contributed by atoms with Crippen molar-refractivity contribution in [3.8, 4) is 22.4 Å². The van der Waals surface area contributed by atoms with E-state index in [1.54, 1.807) is 36.4 Å². The van der Waals surface area contributed by atoms with Gasteiger partial charge in [-0.3, -0.25) is 9.59 Å². The highest BCUT2D eigenvalue weighted by Crippen LogP contribution is 2.42. The lowest BCUT2D eigenvalue weighted by molar-refractivity contribution is -0.139. The number of anilines is 1. The molecule has 43 heavy (non-hydrogen) atoms. The van der Waals surface area contributed by atoms with E-state index in [0.717, 1.165) is 5.56 Å². The highest BCUT2D eigenvalue weighted by Gasteiger charge is 2.31. The molecular formula is C34H37FN2O6. The van der Waals surface area contributed by atoms with Gasteiger partial charge in [-0.1, -0.05) is 56.3 Å². The average molecular weight is 589 g/mol. The Hall–Kier alpha value is -4.31. The zero-order valence-corrected chi connectivity index (χ0v) is 24.2. The minimum atomic E-state index is -1.20. The van der Waals surface area contributed by atoms with Crippen molar-refractivity contribution in [3.05, 3.63) is 102 Å². The molecule has 226 valence electrons. The van der Waals surface area contributed by atoms with E-state index in [0.29, 0.717) is 39.3 Å². The largest absolute Gasteiger partial charge is 0.481 e. The number of hydrogen-bond acceptors (Lipinski definition) is 5. The van der Waals surface area contributed by atoms with Crippen LogP contribution in [-0.2, 0) is 17.9 Å². The molecule has 0 radical (unpaired) electrons. The van der Waals surface area contributed by atoms with E-state index in [-0.39, 0.29) is 37.8 Å². The van der Waals surface area contributed by atoms with Gasteiger partial charge in [0, 0.05) is 23.5 Å². The molecular weight excluding hydrogens is 551 g/mol. The fraction of sp³-hybridized carbons (Fsp3) is 0.294. The summed E-state index contributed by atoms with van der Waals surface area (Å²) in [5, 5.41) is 42.2. The SMILES string of the molecule is CC(C)c1c(C(=O)Nc2ccc(CO)cc2)c(-c2ccccc2)c(-c2ccc(F)cc2)n1CC[C@@H](O)CC(O)CC(=O)O. The third-order valence-electron chi connectivity index (χ3n) is 7.29. The van der Waals surface area contributed by atoms with Gasteiger partial charge in [0.05, 0.1) is 36.5 Å². The predicted octanol–water partition coefficient (Wildman–Crippen LogP) is 5.81. The molecule has 5 N–H and O–H groups in total. The van der Waals surface area contributed by atoms with Crippen molar-refractivity contribution in [2.24, 2.45) is 0 Å². The number of aliphatic hydroxyl groups is 3. The van der Waals surface area contributed by atoms with E-state index in [9.17, 15) is 29.3 Å². The predicted molar refractivity (Wildman–Crippen MR) is 163 cm³/mol. The first kappa shape index (κ1) is 31.6. The topological polar surface area (TPSA) is 132 Å². The normalized spacial score (nSPS) is 12.7. The molecule has 1 amide bonds. The van der Waals surface area contributed by atoms with Crippen molar-refractivity contribution in [3.63, 3.8) is 0 Å². The Bertz CT molecular complexity index is 1530. The second-order valence-electron chi connectivity index (χ2n) is 10.9. The Morgan fingerprint density at radius 3 is 2.12 bits per heavy atom. The number of nitrogens with zero attached hydrogens (tertiary/aromatic N) is 1. The van der Waals surface area contributed by atoms with Crippen molar-refractivity contribution in [2.75, 3.05) is 5.32 Å². The number of carbonyl (C=O) groups excluding carboxylic acids is 1. The van der Waals surface area contributed by atoms with E-state index in [1.807, 2.05) is 48.7 Å². The van der Waals surface area contributed by atoms with Crippen molar-refractivity contribution in [2.45, 2.75) is 64.4 Å². The summed E-state index contributed by atoms with van der Waals surface area (Å²) in [7, 11) is 0. The molecule has 0 saturated carbocycles. The van der Waals surface area contributed by atoms with Crippen LogP contribution in [0.1, 0.15) is 60.6 Å². The van der Waals surface area contributed by atoms with Crippen LogP contribution in [0.25, 0.3) is 22.4 Å². The van der Waals surface area contributed by atoms with Crippen molar-refractivity contribution < 1.29 is 34.4 Å². The van der Waals surface area contributed by atoms with Crippen LogP contribution >= 0.6 is 0 Å². The average Bonchev–Trinajstić information content (AvgIpc) is 3.32. The summed E-state index contributed by atoms with van der Waals surface area (Å²) in [6.45, 7) is 4.07. The Balaban J connectivity index is 1.88. The maximum atomic E-state index is 14.2. The fourth-order valence-corrected chi connectivity index (χ4v) is 5.38. The van der Waals surface area contributed by atoms with Crippen LogP contribution in [0.4, 0.5) is 10.1 Å². The van der Waals surface area contributed by atoms with E-state index in [2.05, 4.69) is 5.32 Å². The summed E-state index contributed by atoms with van der Waals surface area (Å²) in [6, 6.07) is 22.3. The molecule has 9 heteroatoms. The van der Waals surface area contributed by atoms with Gasteiger partial charge in [-0.05, 0) is 71.8 Å². The number of carboxylic acids is 1. The molecule has 0 aliphatic rings. The van der Waals surface area contributed by atoms with Crippen LogP contribution < -0.4 is 5.32 Å². The fourth-order valence-electron chi connectivity index (χ4n) is 5.38. The van der Waals surface area contributed by atoms with E-state index < -0.39 is 30.4 Å². The number of aliphatic hydroxyl groups excluding tert-OH is 3. The molecule has 4 aromatic rings. The minimum absolute atomic E-state index is 0.112. The summed E-state index contributed by atoms with van der Waals surface area (Å²) in [4.78, 5) is 25.1. The number of amides is 1. The first-order valence-corrected chi connectivity index (χ1v) is 14.3. The summed E-state index contributed by atoms with van der Waals surface area (Å²) in [5.74, 6) is -2.05. The number of benzene rings is 3. The van der Waals surface area contributed by atoms with Crippen LogP contribution in [0.2, 0.25) is 0 Å². The van der Waals surface area contributed by atoms with Crippen molar-refractivity contribution in [1.82, 2.24) is 4.57 Å². The summed E-state index contributed by atoms with van der Waals surface area (Å²) >= 11 is 0. The van der Waals surface area contributed by atoms with Gasteiger partial charge in [0.1, 0.15) is 5.82 Å². The Morgan fingerprint density at radius 2 is 1.53 bits per heavy atom. The molecule has 3 aromatic carbocycles. The molecule has 0 fully saturated rings. The number of carbonyl (C=O) groups is 2. The molecule has 4 rings (SSSR count). The van der Waals surface area contributed by atoms with Crippen LogP contribution in [0, 0.1) is 5.82 Å². The van der Waals surface area contributed by atoms with Gasteiger partial charge >= 0.3 is 5.97 Å². The maximum Gasteiger partial charge on any atom is 0.305 e. The molecule has 0 bridgehead atoms. The molecule has 1 unspecified atom stereocenters. The highest BCUT2D eigenvalue weighted by atomic mass is 19.1. The lowest BCUT2D eigenvalue weighted by atomic mass is 9.94. The third kappa shape index (κ3) is 7.75. The second-order valence-corrected chi connectivity index (χ2v) is 10.9. The van der Waals surface area contributed by atoms with Crippen molar-refractivity contribution in [1.29, 1.82) is 0 Å². The van der Waals surface area contributed by atoms with Crippen LogP contribution in [0.15, 0.2) is 78.9 Å². The highest BCUT2D eigenvalue weighted by molar-refractivity contribution is 6.12. The number of hydrogen-bond donors (Lipinski definition) is 5. The maximum absolute atomic E-state index is 14.2.